The van der Waals surface area contributed by atoms with Gasteiger partial charge in [-0.15, -0.1) is 11.3 Å². The van der Waals surface area contributed by atoms with Crippen LogP contribution in [0.4, 0.5) is 28.8 Å². The van der Waals surface area contributed by atoms with Gasteiger partial charge in [0.2, 0.25) is 23.7 Å². The maximum Gasteiger partial charge on any atom is 0.260 e. The number of anilines is 5. The first kappa shape index (κ1) is 52.5. The Balaban J connectivity index is 0.739. The first-order valence-corrected chi connectivity index (χ1v) is 25.9. The SMILES string of the molecule is Cc1ncsc1-c1ccc([C@H](C)NC(=O)[C@@H]2C[C@@H](O)CN2C(=O)[C@@H](NC(=O)CCOCCOCCNC(=O)c2ccc(Nc3ncc4c(n3)N(C3CCCC3)c3ccccc3C(=O)N4C)cc2)C(C)(C)C)cc1. The van der Waals surface area contributed by atoms with E-state index in [1.807, 2.05) is 88.7 Å². The molecule has 1 aliphatic carbocycles. The summed E-state index contributed by atoms with van der Waals surface area (Å²) in [5.74, 6) is -0.543. The lowest BCUT2D eigenvalue weighted by Crippen LogP contribution is -2.58. The summed E-state index contributed by atoms with van der Waals surface area (Å²) in [5.41, 5.74) is 7.26. The smallest absolute Gasteiger partial charge is 0.260 e. The van der Waals surface area contributed by atoms with E-state index < -0.39 is 35.4 Å². The van der Waals surface area contributed by atoms with Crippen LogP contribution in [0.2, 0.25) is 0 Å². The summed E-state index contributed by atoms with van der Waals surface area (Å²) >= 11 is 1.57. The van der Waals surface area contributed by atoms with E-state index >= 15 is 0 Å². The number of carbonyl (C=O) groups excluding carboxylic acids is 5. The van der Waals surface area contributed by atoms with E-state index in [0.717, 1.165) is 53.1 Å². The standard InChI is InChI=1S/C54H66N10O8S/c1-33(35-15-17-36(18-16-35)46-34(2)57-32-73-46)58-50(68)43-29-40(65)31-63(43)52(70)47(54(3,4)5)60-45(66)23-25-71-27-28-72-26-24-55-49(67)37-19-21-38(22-20-37)59-53-56-30-44-48(61-53)64(39-11-7-8-12-39)42-14-10-9-13-41(42)51(69)62(44)6/h9-10,13-22,30,32-33,39-40,43,47,65H,7-8,11-12,23-29,31H2,1-6H3,(H,55,67)(H,58,68)(H,60,66)(H,56,59,61)/t33-,40+,43-,47+/m0/s1. The number of aliphatic hydroxyl groups is 1. The molecule has 1 saturated heterocycles. The van der Waals surface area contributed by atoms with Crippen molar-refractivity contribution in [3.63, 3.8) is 0 Å². The van der Waals surface area contributed by atoms with E-state index in [2.05, 4.69) is 36.1 Å². The molecule has 2 fully saturated rings. The Kier molecular flexibility index (Phi) is 16.8. The molecule has 0 unspecified atom stereocenters. The third-order valence-electron chi connectivity index (χ3n) is 13.6. The highest BCUT2D eigenvalue weighted by Gasteiger charge is 2.45. The molecular weight excluding hydrogens is 949 g/mol. The van der Waals surface area contributed by atoms with Gasteiger partial charge in [0.25, 0.3) is 11.8 Å². The number of amides is 5. The van der Waals surface area contributed by atoms with Crippen molar-refractivity contribution in [1.82, 2.24) is 35.8 Å². The number of ether oxygens (including phenoxy) is 2. The van der Waals surface area contributed by atoms with Gasteiger partial charge in [-0.2, -0.15) is 4.98 Å². The van der Waals surface area contributed by atoms with Crippen molar-refractivity contribution >= 4 is 69.7 Å². The molecule has 8 rings (SSSR count). The molecule has 0 radical (unpaired) electrons. The highest BCUT2D eigenvalue weighted by Crippen LogP contribution is 2.43. The molecule has 3 aromatic carbocycles. The van der Waals surface area contributed by atoms with Gasteiger partial charge in [0.05, 0.1) is 72.1 Å². The molecular formula is C54H66N10O8S. The molecule has 386 valence electrons. The summed E-state index contributed by atoms with van der Waals surface area (Å²) in [5, 5.41) is 22.6. The average molecular weight is 1020 g/mol. The highest BCUT2D eigenvalue weighted by molar-refractivity contribution is 7.13. The van der Waals surface area contributed by atoms with Gasteiger partial charge in [-0.05, 0) is 79.6 Å². The van der Waals surface area contributed by atoms with E-state index in [9.17, 15) is 29.1 Å². The van der Waals surface area contributed by atoms with Gasteiger partial charge in [-0.1, -0.05) is 70.0 Å². The minimum Gasteiger partial charge on any atom is -0.391 e. The largest absolute Gasteiger partial charge is 0.391 e. The molecule has 18 nitrogen and oxygen atoms in total. The second-order valence-corrected chi connectivity index (χ2v) is 20.8. The van der Waals surface area contributed by atoms with Gasteiger partial charge in [0.1, 0.15) is 17.8 Å². The highest BCUT2D eigenvalue weighted by atomic mass is 32.1. The van der Waals surface area contributed by atoms with Crippen LogP contribution in [0.3, 0.4) is 0 Å². The lowest BCUT2D eigenvalue weighted by atomic mass is 9.85. The van der Waals surface area contributed by atoms with Crippen molar-refractivity contribution in [1.29, 1.82) is 0 Å². The number of hydrogen-bond acceptors (Lipinski definition) is 14. The maximum absolute atomic E-state index is 14.1. The van der Waals surface area contributed by atoms with Crippen molar-refractivity contribution in [3.8, 4) is 10.4 Å². The number of aryl methyl sites for hydroxylation is 1. The number of thiazole rings is 1. The minimum atomic E-state index is -0.960. The predicted octanol–water partition coefficient (Wildman–Crippen LogP) is 6.85. The van der Waals surface area contributed by atoms with Gasteiger partial charge < -0.3 is 50.5 Å². The van der Waals surface area contributed by atoms with Crippen LogP contribution in [-0.2, 0) is 23.9 Å². The number of β-amino-alcohol motifs (C(OH)–C–C–N with tert-alkyl or cyclic N) is 1. The first-order chi connectivity index (χ1) is 35.1. The van der Waals surface area contributed by atoms with E-state index in [0.29, 0.717) is 34.3 Å². The van der Waals surface area contributed by atoms with Crippen LogP contribution >= 0.6 is 11.3 Å². The Morgan fingerprint density at radius 3 is 2.30 bits per heavy atom. The lowest BCUT2D eigenvalue weighted by Gasteiger charge is -2.35. The number of nitrogens with one attached hydrogen (secondary N) is 4. The lowest BCUT2D eigenvalue weighted by molar-refractivity contribution is -0.144. The Morgan fingerprint density at radius 1 is 0.890 bits per heavy atom. The molecule has 5 amide bonds. The monoisotopic (exact) mass is 1010 g/mol. The molecule has 0 spiro atoms. The molecule has 5 N–H and O–H groups in total. The molecule has 2 aromatic heterocycles. The van der Waals surface area contributed by atoms with Crippen molar-refractivity contribution in [3.05, 3.63) is 107 Å². The zero-order chi connectivity index (χ0) is 51.8. The predicted molar refractivity (Wildman–Crippen MR) is 280 cm³/mol. The summed E-state index contributed by atoms with van der Waals surface area (Å²) in [6.07, 6.45) is 5.10. The fourth-order valence-electron chi connectivity index (χ4n) is 9.55. The number of benzene rings is 3. The number of aliphatic hydroxyl groups excluding tert-OH is 1. The third kappa shape index (κ3) is 12.5. The molecule has 4 atom stereocenters. The van der Waals surface area contributed by atoms with Crippen LogP contribution in [0.15, 0.2) is 84.5 Å². The quantitative estimate of drug-likeness (QED) is 0.0536. The maximum atomic E-state index is 14.1. The number of nitrogens with zero attached hydrogens (tertiary/aromatic N) is 6. The number of rotatable bonds is 19. The summed E-state index contributed by atoms with van der Waals surface area (Å²) in [7, 11) is 1.75. The number of fused-ring (bicyclic) bond motifs is 2. The fraction of sp³-hybridized carbons (Fsp3) is 0.444. The number of hydrogen-bond donors (Lipinski definition) is 5. The molecule has 1 saturated carbocycles. The molecule has 4 heterocycles. The van der Waals surface area contributed by atoms with E-state index in [1.54, 1.807) is 53.7 Å². The van der Waals surface area contributed by atoms with Gasteiger partial charge in [0.15, 0.2) is 5.82 Å². The molecule has 3 aliphatic rings. The molecule has 0 bridgehead atoms. The number of para-hydroxylation sites is 1. The molecule has 2 aliphatic heterocycles. The van der Waals surface area contributed by atoms with E-state index in [4.69, 9.17) is 14.5 Å². The Labute approximate surface area is 430 Å². The van der Waals surface area contributed by atoms with Crippen LogP contribution in [0.1, 0.15) is 104 Å². The average Bonchev–Trinajstić information content (AvgIpc) is 4.16. The van der Waals surface area contributed by atoms with Crippen molar-refractivity contribution in [2.45, 2.75) is 103 Å². The van der Waals surface area contributed by atoms with E-state index in [1.165, 1.54) is 4.90 Å². The number of carbonyl (C=O) groups is 5. The van der Waals surface area contributed by atoms with Crippen LogP contribution in [0.5, 0.6) is 0 Å². The normalized spacial score (nSPS) is 17.6. The summed E-state index contributed by atoms with van der Waals surface area (Å²) in [4.78, 5) is 87.4. The summed E-state index contributed by atoms with van der Waals surface area (Å²) in [6.45, 7) is 10.4. The fourth-order valence-corrected chi connectivity index (χ4v) is 10.4. The first-order valence-electron chi connectivity index (χ1n) is 25.0. The molecule has 5 aromatic rings. The summed E-state index contributed by atoms with van der Waals surface area (Å²) < 4.78 is 11.3. The van der Waals surface area contributed by atoms with Crippen molar-refractivity contribution in [2.75, 3.05) is 61.7 Å². The zero-order valence-corrected chi connectivity index (χ0v) is 43.2. The molecule has 73 heavy (non-hydrogen) atoms. The Morgan fingerprint density at radius 2 is 1.60 bits per heavy atom. The van der Waals surface area contributed by atoms with Gasteiger partial charge in [-0.25, -0.2) is 9.97 Å². The van der Waals surface area contributed by atoms with Crippen LogP contribution in [0.25, 0.3) is 10.4 Å². The summed E-state index contributed by atoms with van der Waals surface area (Å²) in [6, 6.07) is 20.5. The van der Waals surface area contributed by atoms with Gasteiger partial charge in [-0.3, -0.25) is 24.0 Å². The van der Waals surface area contributed by atoms with Crippen LogP contribution in [0, 0.1) is 12.3 Å². The van der Waals surface area contributed by atoms with Gasteiger partial charge >= 0.3 is 0 Å². The third-order valence-corrected chi connectivity index (χ3v) is 14.5. The second kappa shape index (κ2) is 23.4. The Hall–Kier alpha value is -6.80. The Bertz CT molecular complexity index is 2760. The van der Waals surface area contributed by atoms with Crippen molar-refractivity contribution < 1.29 is 38.6 Å². The molecule has 19 heteroatoms. The minimum absolute atomic E-state index is 0.0101. The van der Waals surface area contributed by atoms with Crippen LogP contribution in [-0.4, -0.2) is 125 Å². The second-order valence-electron chi connectivity index (χ2n) is 19.9. The van der Waals surface area contributed by atoms with E-state index in [-0.39, 0.29) is 82.2 Å². The zero-order valence-electron chi connectivity index (χ0n) is 42.4. The van der Waals surface area contributed by atoms with Crippen molar-refractivity contribution in [2.24, 2.45) is 5.41 Å². The van der Waals surface area contributed by atoms with Crippen LogP contribution < -0.4 is 31.1 Å². The van der Waals surface area contributed by atoms with Gasteiger partial charge in [0, 0.05) is 50.3 Å². The number of likely N-dealkylation sites (tertiary alicyclic amines) is 1. The topological polar surface area (TPSA) is 221 Å². The number of aromatic nitrogens is 3.